The van der Waals surface area contributed by atoms with Crippen LogP contribution in [0.2, 0.25) is 10.0 Å². The molecule has 2 aromatic carbocycles. The molecule has 0 aliphatic carbocycles. The molecule has 0 atom stereocenters. The van der Waals surface area contributed by atoms with Gasteiger partial charge in [-0.05, 0) is 18.2 Å². The number of para-hydroxylation sites is 1. The standard InChI is InChI=1S/C16H9Cl2N3O2S/c17-8-5-9(18)15(22)14-13(8)16(23)21(7-19-14)6-12-20-10-3-1-2-4-11(10)24-12/h1-5,7,22H,6H2. The second kappa shape index (κ2) is 5.73. The fourth-order valence-electron chi connectivity index (χ4n) is 2.49. The van der Waals surface area contributed by atoms with Gasteiger partial charge in [-0.3, -0.25) is 9.36 Å². The first kappa shape index (κ1) is 15.4. The van der Waals surface area contributed by atoms with Gasteiger partial charge >= 0.3 is 0 Å². The lowest BCUT2D eigenvalue weighted by atomic mass is 10.2. The van der Waals surface area contributed by atoms with Crippen LogP contribution in [-0.2, 0) is 6.54 Å². The third kappa shape index (κ3) is 2.43. The van der Waals surface area contributed by atoms with E-state index in [2.05, 4.69) is 9.97 Å². The first-order valence-electron chi connectivity index (χ1n) is 6.95. The van der Waals surface area contributed by atoms with Gasteiger partial charge < -0.3 is 5.11 Å². The van der Waals surface area contributed by atoms with Crippen LogP contribution in [0.15, 0.2) is 41.5 Å². The molecular formula is C16H9Cl2N3O2S. The summed E-state index contributed by atoms with van der Waals surface area (Å²) in [6, 6.07) is 9.11. The topological polar surface area (TPSA) is 68.0 Å². The third-order valence-electron chi connectivity index (χ3n) is 3.62. The maximum Gasteiger partial charge on any atom is 0.263 e. The smallest absolute Gasteiger partial charge is 0.263 e. The highest BCUT2D eigenvalue weighted by atomic mass is 35.5. The number of rotatable bonds is 2. The molecular weight excluding hydrogens is 369 g/mol. The van der Waals surface area contributed by atoms with E-state index in [1.165, 1.54) is 28.3 Å². The van der Waals surface area contributed by atoms with E-state index >= 15 is 0 Å². The predicted molar refractivity (Wildman–Crippen MR) is 96.4 cm³/mol. The molecule has 8 heteroatoms. The largest absolute Gasteiger partial charge is 0.504 e. The molecule has 0 radical (unpaired) electrons. The van der Waals surface area contributed by atoms with Crippen LogP contribution in [0.25, 0.3) is 21.1 Å². The van der Waals surface area contributed by atoms with Crippen LogP contribution in [0.3, 0.4) is 0 Å². The number of phenolic OH excluding ortho intramolecular Hbond substituents is 1. The number of aromatic nitrogens is 3. The summed E-state index contributed by atoms with van der Waals surface area (Å²) in [5.74, 6) is -0.250. The number of thiazole rings is 1. The van der Waals surface area contributed by atoms with Crippen molar-refractivity contribution in [3.8, 4) is 5.75 Å². The fraction of sp³-hybridized carbons (Fsp3) is 0.0625. The van der Waals surface area contributed by atoms with Crippen molar-refractivity contribution in [1.82, 2.24) is 14.5 Å². The van der Waals surface area contributed by atoms with Gasteiger partial charge in [-0.2, -0.15) is 0 Å². The highest BCUT2D eigenvalue weighted by Crippen LogP contribution is 2.34. The molecule has 0 fully saturated rings. The highest BCUT2D eigenvalue weighted by Gasteiger charge is 2.16. The van der Waals surface area contributed by atoms with Gasteiger partial charge in [0.05, 0.1) is 38.5 Å². The minimum Gasteiger partial charge on any atom is -0.504 e. The van der Waals surface area contributed by atoms with Crippen LogP contribution in [0.4, 0.5) is 0 Å². The normalized spacial score (nSPS) is 11.4. The van der Waals surface area contributed by atoms with E-state index in [-0.39, 0.29) is 38.8 Å². The Kier molecular flexibility index (Phi) is 3.68. The number of halogens is 2. The lowest BCUT2D eigenvalue weighted by Crippen LogP contribution is -2.21. The number of hydrogen-bond acceptors (Lipinski definition) is 5. The van der Waals surface area contributed by atoms with Crippen LogP contribution in [0.5, 0.6) is 5.75 Å². The minimum absolute atomic E-state index is 0.0586. The van der Waals surface area contributed by atoms with Crippen molar-refractivity contribution in [3.05, 3.63) is 62.1 Å². The molecule has 0 aliphatic rings. The van der Waals surface area contributed by atoms with Gasteiger partial charge in [-0.15, -0.1) is 11.3 Å². The second-order valence-corrected chi connectivity index (χ2v) is 7.09. The zero-order valence-corrected chi connectivity index (χ0v) is 14.4. The summed E-state index contributed by atoms with van der Waals surface area (Å²) in [6.45, 7) is 0.279. The number of phenols is 1. The Bertz CT molecular complexity index is 1120. The molecule has 0 aliphatic heterocycles. The van der Waals surface area contributed by atoms with E-state index in [1.807, 2.05) is 24.3 Å². The van der Waals surface area contributed by atoms with Crippen LogP contribution < -0.4 is 5.56 Å². The molecule has 0 saturated heterocycles. The van der Waals surface area contributed by atoms with Gasteiger partial charge in [-0.25, -0.2) is 9.97 Å². The maximum absolute atomic E-state index is 12.7. The summed E-state index contributed by atoms with van der Waals surface area (Å²) < 4.78 is 2.47. The molecule has 5 nitrogen and oxygen atoms in total. The van der Waals surface area contributed by atoms with Crippen LogP contribution in [0, 0.1) is 0 Å². The van der Waals surface area contributed by atoms with Gasteiger partial charge in [0.2, 0.25) is 0 Å². The van der Waals surface area contributed by atoms with E-state index in [4.69, 9.17) is 23.2 Å². The molecule has 4 rings (SSSR count). The van der Waals surface area contributed by atoms with Crippen LogP contribution >= 0.6 is 34.5 Å². The third-order valence-corrected chi connectivity index (χ3v) is 5.23. The van der Waals surface area contributed by atoms with Crippen molar-refractivity contribution < 1.29 is 5.11 Å². The summed E-state index contributed by atoms with van der Waals surface area (Å²) in [7, 11) is 0. The molecule has 2 heterocycles. The van der Waals surface area contributed by atoms with Crippen molar-refractivity contribution in [2.75, 3.05) is 0 Å². The molecule has 4 aromatic rings. The Hall–Kier alpha value is -2.15. The molecule has 2 aromatic heterocycles. The zero-order valence-electron chi connectivity index (χ0n) is 12.0. The number of fused-ring (bicyclic) bond motifs is 2. The first-order valence-corrected chi connectivity index (χ1v) is 8.52. The van der Waals surface area contributed by atoms with Gasteiger partial charge in [0.25, 0.3) is 5.56 Å². The van der Waals surface area contributed by atoms with E-state index in [0.29, 0.717) is 0 Å². The van der Waals surface area contributed by atoms with Crippen LogP contribution in [0.1, 0.15) is 5.01 Å². The van der Waals surface area contributed by atoms with Gasteiger partial charge in [0.1, 0.15) is 10.5 Å². The monoisotopic (exact) mass is 377 g/mol. The average molecular weight is 378 g/mol. The molecule has 0 amide bonds. The number of nitrogens with zero attached hydrogens (tertiary/aromatic N) is 3. The predicted octanol–water partition coefficient (Wildman–Crippen LogP) is 4.07. The zero-order chi connectivity index (χ0) is 16.8. The van der Waals surface area contributed by atoms with E-state index in [9.17, 15) is 9.90 Å². The summed E-state index contributed by atoms with van der Waals surface area (Å²) in [4.78, 5) is 21.3. The summed E-state index contributed by atoms with van der Waals surface area (Å²) in [5, 5.41) is 11.1. The Morgan fingerprint density at radius 2 is 2.00 bits per heavy atom. The van der Waals surface area contributed by atoms with Gasteiger partial charge in [-0.1, -0.05) is 35.3 Å². The number of benzene rings is 2. The van der Waals surface area contributed by atoms with Crippen molar-refractivity contribution in [3.63, 3.8) is 0 Å². The molecule has 0 unspecified atom stereocenters. The van der Waals surface area contributed by atoms with Crippen molar-refractivity contribution >= 4 is 55.7 Å². The number of aromatic hydroxyl groups is 1. The Morgan fingerprint density at radius 3 is 2.79 bits per heavy atom. The molecule has 120 valence electrons. The maximum atomic E-state index is 12.7. The highest BCUT2D eigenvalue weighted by molar-refractivity contribution is 7.18. The summed E-state index contributed by atoms with van der Waals surface area (Å²) in [6.07, 6.45) is 1.36. The van der Waals surface area contributed by atoms with Crippen LogP contribution in [-0.4, -0.2) is 19.6 Å². The minimum atomic E-state index is -0.351. The Balaban J connectivity index is 1.85. The second-order valence-electron chi connectivity index (χ2n) is 5.17. The molecule has 0 saturated carbocycles. The van der Waals surface area contributed by atoms with Crippen molar-refractivity contribution in [2.24, 2.45) is 0 Å². The molecule has 1 N–H and O–H groups in total. The van der Waals surface area contributed by atoms with Crippen molar-refractivity contribution in [2.45, 2.75) is 6.54 Å². The number of hydrogen-bond donors (Lipinski definition) is 1. The SMILES string of the molecule is O=c1c2c(Cl)cc(Cl)c(O)c2ncn1Cc1nc2ccccc2s1. The van der Waals surface area contributed by atoms with E-state index < -0.39 is 0 Å². The van der Waals surface area contributed by atoms with E-state index in [0.717, 1.165) is 15.2 Å². The van der Waals surface area contributed by atoms with Gasteiger partial charge in [0, 0.05) is 0 Å². The lowest BCUT2D eigenvalue weighted by molar-refractivity contribution is 0.480. The van der Waals surface area contributed by atoms with Crippen molar-refractivity contribution in [1.29, 1.82) is 0 Å². The van der Waals surface area contributed by atoms with E-state index in [1.54, 1.807) is 0 Å². The van der Waals surface area contributed by atoms with Gasteiger partial charge in [0.15, 0.2) is 5.75 Å². The molecule has 0 spiro atoms. The first-order chi connectivity index (χ1) is 11.5. The quantitative estimate of drug-likeness (QED) is 0.571. The molecule has 0 bridgehead atoms. The summed E-state index contributed by atoms with van der Waals surface area (Å²) >= 11 is 13.5. The average Bonchev–Trinajstić information content (AvgIpc) is 2.97. The Morgan fingerprint density at radius 1 is 1.21 bits per heavy atom. The summed E-state index contributed by atoms with van der Waals surface area (Å²) in [5.41, 5.74) is 0.635. The molecule has 24 heavy (non-hydrogen) atoms. The fourth-order valence-corrected chi connectivity index (χ4v) is 4.00. The Labute approximate surface area is 149 Å². The lowest BCUT2D eigenvalue weighted by Gasteiger charge is -2.08.